The van der Waals surface area contributed by atoms with Gasteiger partial charge in [0.05, 0.1) is 11.7 Å². The van der Waals surface area contributed by atoms with Crippen molar-refractivity contribution >= 4 is 17.2 Å². The van der Waals surface area contributed by atoms with Crippen LogP contribution >= 0.6 is 11.3 Å². The van der Waals surface area contributed by atoms with Gasteiger partial charge in [-0.25, -0.2) is 0 Å². The SMILES string of the molecule is CN(C(=O)c1cncs1)C1CCNCC1. The Morgan fingerprint density at radius 2 is 2.33 bits per heavy atom. The summed E-state index contributed by atoms with van der Waals surface area (Å²) in [6, 6.07) is 0.376. The highest BCUT2D eigenvalue weighted by molar-refractivity contribution is 7.11. The fourth-order valence-corrected chi connectivity index (χ4v) is 2.46. The van der Waals surface area contributed by atoms with Gasteiger partial charge < -0.3 is 10.2 Å². The van der Waals surface area contributed by atoms with Crippen molar-refractivity contribution in [1.29, 1.82) is 0 Å². The summed E-state index contributed by atoms with van der Waals surface area (Å²) in [5.74, 6) is 0.101. The van der Waals surface area contributed by atoms with Crippen molar-refractivity contribution in [1.82, 2.24) is 15.2 Å². The van der Waals surface area contributed by atoms with E-state index in [0.717, 1.165) is 30.8 Å². The molecule has 1 saturated heterocycles. The monoisotopic (exact) mass is 225 g/mol. The van der Waals surface area contributed by atoms with Crippen LogP contribution in [0.2, 0.25) is 0 Å². The van der Waals surface area contributed by atoms with Crippen LogP contribution in [-0.4, -0.2) is 42.0 Å². The number of hydrogen-bond donors (Lipinski definition) is 1. The number of amides is 1. The minimum Gasteiger partial charge on any atom is -0.338 e. The zero-order valence-corrected chi connectivity index (χ0v) is 9.59. The molecule has 0 bridgehead atoms. The van der Waals surface area contributed by atoms with Gasteiger partial charge in [-0.05, 0) is 25.9 Å². The third-order valence-corrected chi connectivity index (χ3v) is 3.58. The number of thiazole rings is 1. The van der Waals surface area contributed by atoms with Crippen LogP contribution in [0.3, 0.4) is 0 Å². The van der Waals surface area contributed by atoms with E-state index >= 15 is 0 Å². The smallest absolute Gasteiger partial charge is 0.265 e. The van der Waals surface area contributed by atoms with Crippen molar-refractivity contribution in [3.05, 3.63) is 16.6 Å². The summed E-state index contributed by atoms with van der Waals surface area (Å²) in [4.78, 5) is 18.5. The highest BCUT2D eigenvalue weighted by Crippen LogP contribution is 2.15. The van der Waals surface area contributed by atoms with Gasteiger partial charge in [-0.15, -0.1) is 11.3 Å². The molecular weight excluding hydrogens is 210 g/mol. The highest BCUT2D eigenvalue weighted by atomic mass is 32.1. The minimum atomic E-state index is 0.101. The summed E-state index contributed by atoms with van der Waals surface area (Å²) in [5, 5.41) is 3.30. The molecule has 4 nitrogen and oxygen atoms in total. The van der Waals surface area contributed by atoms with Crippen LogP contribution in [0.5, 0.6) is 0 Å². The Hall–Kier alpha value is -0.940. The van der Waals surface area contributed by atoms with Crippen molar-refractivity contribution in [2.45, 2.75) is 18.9 Å². The number of nitrogens with one attached hydrogen (secondary N) is 1. The summed E-state index contributed by atoms with van der Waals surface area (Å²) in [7, 11) is 1.89. The molecule has 2 rings (SSSR count). The van der Waals surface area contributed by atoms with E-state index in [1.54, 1.807) is 11.7 Å². The predicted octanol–water partition coefficient (Wildman–Crippen LogP) is 0.967. The van der Waals surface area contributed by atoms with Crippen LogP contribution < -0.4 is 5.32 Å². The molecule has 0 radical (unpaired) electrons. The van der Waals surface area contributed by atoms with Crippen molar-refractivity contribution in [2.24, 2.45) is 0 Å². The first-order valence-electron chi connectivity index (χ1n) is 5.15. The molecule has 1 fully saturated rings. The second-order valence-electron chi connectivity index (χ2n) is 3.76. The second-order valence-corrected chi connectivity index (χ2v) is 4.65. The molecule has 2 heterocycles. The third kappa shape index (κ3) is 2.35. The van der Waals surface area contributed by atoms with Crippen molar-refractivity contribution in [3.63, 3.8) is 0 Å². The van der Waals surface area contributed by atoms with Crippen LogP contribution in [0.4, 0.5) is 0 Å². The van der Waals surface area contributed by atoms with Gasteiger partial charge in [-0.3, -0.25) is 9.78 Å². The van der Waals surface area contributed by atoms with E-state index in [-0.39, 0.29) is 5.91 Å². The van der Waals surface area contributed by atoms with E-state index in [0.29, 0.717) is 6.04 Å². The lowest BCUT2D eigenvalue weighted by molar-refractivity contribution is 0.0708. The van der Waals surface area contributed by atoms with Gasteiger partial charge in [0, 0.05) is 13.1 Å². The fraction of sp³-hybridized carbons (Fsp3) is 0.600. The van der Waals surface area contributed by atoms with Crippen LogP contribution in [0, 0.1) is 0 Å². The van der Waals surface area contributed by atoms with E-state index in [1.807, 2.05) is 11.9 Å². The summed E-state index contributed by atoms with van der Waals surface area (Å²) < 4.78 is 0. The maximum absolute atomic E-state index is 12.0. The van der Waals surface area contributed by atoms with E-state index < -0.39 is 0 Å². The van der Waals surface area contributed by atoms with E-state index in [4.69, 9.17) is 0 Å². The average molecular weight is 225 g/mol. The lowest BCUT2D eigenvalue weighted by Gasteiger charge is -2.31. The molecule has 5 heteroatoms. The molecule has 1 amide bonds. The summed E-state index contributed by atoms with van der Waals surface area (Å²) in [6.07, 6.45) is 3.73. The lowest BCUT2D eigenvalue weighted by Crippen LogP contribution is -2.43. The van der Waals surface area contributed by atoms with Gasteiger partial charge >= 0.3 is 0 Å². The van der Waals surface area contributed by atoms with Gasteiger partial charge in [-0.1, -0.05) is 0 Å². The van der Waals surface area contributed by atoms with Crippen molar-refractivity contribution in [3.8, 4) is 0 Å². The summed E-state index contributed by atoms with van der Waals surface area (Å²) in [5.41, 5.74) is 1.70. The van der Waals surface area contributed by atoms with E-state index in [9.17, 15) is 4.79 Å². The fourth-order valence-electron chi connectivity index (χ4n) is 1.86. The number of carbonyl (C=O) groups is 1. The first-order chi connectivity index (χ1) is 7.29. The molecule has 0 spiro atoms. The molecule has 0 aliphatic carbocycles. The normalized spacial score (nSPS) is 17.7. The number of piperidine rings is 1. The lowest BCUT2D eigenvalue weighted by atomic mass is 10.1. The van der Waals surface area contributed by atoms with Gasteiger partial charge in [0.15, 0.2) is 0 Å². The highest BCUT2D eigenvalue weighted by Gasteiger charge is 2.23. The molecule has 0 saturated carbocycles. The zero-order chi connectivity index (χ0) is 10.7. The molecule has 15 heavy (non-hydrogen) atoms. The predicted molar refractivity (Wildman–Crippen MR) is 60.1 cm³/mol. The number of nitrogens with zero attached hydrogens (tertiary/aromatic N) is 2. The second kappa shape index (κ2) is 4.72. The van der Waals surface area contributed by atoms with Gasteiger partial charge in [0.1, 0.15) is 4.88 Å². The Bertz CT molecular complexity index is 319. The quantitative estimate of drug-likeness (QED) is 0.815. The molecule has 1 aromatic rings. The maximum atomic E-state index is 12.0. The summed E-state index contributed by atoms with van der Waals surface area (Å²) >= 11 is 1.41. The topological polar surface area (TPSA) is 45.2 Å². The Labute approximate surface area is 93.3 Å². The van der Waals surface area contributed by atoms with Gasteiger partial charge in [0.25, 0.3) is 5.91 Å². The molecule has 1 aromatic heterocycles. The van der Waals surface area contributed by atoms with Crippen LogP contribution in [0.25, 0.3) is 0 Å². The number of carbonyl (C=O) groups excluding carboxylic acids is 1. The maximum Gasteiger partial charge on any atom is 0.265 e. The average Bonchev–Trinajstić information content (AvgIpc) is 2.82. The number of rotatable bonds is 2. The Morgan fingerprint density at radius 1 is 1.60 bits per heavy atom. The molecule has 1 aliphatic rings. The molecule has 0 atom stereocenters. The first-order valence-corrected chi connectivity index (χ1v) is 6.03. The minimum absolute atomic E-state index is 0.101. The largest absolute Gasteiger partial charge is 0.338 e. The molecule has 1 N–H and O–H groups in total. The van der Waals surface area contributed by atoms with Gasteiger partial charge in [0.2, 0.25) is 0 Å². The number of aromatic nitrogens is 1. The molecule has 1 aliphatic heterocycles. The molecule has 0 unspecified atom stereocenters. The summed E-state index contributed by atoms with van der Waals surface area (Å²) in [6.45, 7) is 2.01. The van der Waals surface area contributed by atoms with Crippen molar-refractivity contribution in [2.75, 3.05) is 20.1 Å². The molecule has 82 valence electrons. The van der Waals surface area contributed by atoms with E-state index in [2.05, 4.69) is 10.3 Å². The first kappa shape index (κ1) is 10.6. The van der Waals surface area contributed by atoms with Gasteiger partial charge in [-0.2, -0.15) is 0 Å². The Balaban J connectivity index is 2.00. The number of hydrogen-bond acceptors (Lipinski definition) is 4. The van der Waals surface area contributed by atoms with Crippen LogP contribution in [0.1, 0.15) is 22.5 Å². The zero-order valence-electron chi connectivity index (χ0n) is 8.77. The van der Waals surface area contributed by atoms with E-state index in [1.165, 1.54) is 11.3 Å². The van der Waals surface area contributed by atoms with Crippen LogP contribution in [0.15, 0.2) is 11.7 Å². The van der Waals surface area contributed by atoms with Crippen LogP contribution in [-0.2, 0) is 0 Å². The van der Waals surface area contributed by atoms with Crippen molar-refractivity contribution < 1.29 is 4.79 Å². The Kier molecular flexibility index (Phi) is 3.33. The Morgan fingerprint density at radius 3 is 2.93 bits per heavy atom. The standard InChI is InChI=1S/C10H15N3OS/c1-13(8-2-4-11-5-3-8)10(14)9-6-12-7-15-9/h6-8,11H,2-5H2,1H3. The molecule has 0 aromatic carbocycles. The molecular formula is C10H15N3OS. The third-order valence-electron chi connectivity index (χ3n) is 2.82.